The fourth-order valence-corrected chi connectivity index (χ4v) is 3.09. The lowest BCUT2D eigenvalue weighted by molar-refractivity contribution is 0.248. The summed E-state index contributed by atoms with van der Waals surface area (Å²) in [5.41, 5.74) is 9.02. The minimum Gasteiger partial charge on any atom is -0.378 e. The van der Waals surface area contributed by atoms with E-state index in [0.717, 1.165) is 5.92 Å². The smallest absolute Gasteiger partial charge is 0.0364 e. The number of hydrogen-bond donors (Lipinski definition) is 1. The second kappa shape index (κ2) is 5.75. The minimum absolute atomic E-state index is 0.202. The first-order chi connectivity index (χ1) is 8.58. The highest BCUT2D eigenvalue weighted by Crippen LogP contribution is 2.36. The largest absolute Gasteiger partial charge is 0.378 e. The summed E-state index contributed by atoms with van der Waals surface area (Å²) in [5.74, 6) is 1.50. The minimum atomic E-state index is 0.202. The van der Waals surface area contributed by atoms with Crippen molar-refractivity contribution in [2.45, 2.75) is 38.6 Å². The molecule has 0 spiro atoms. The Morgan fingerprint density at radius 2 is 2.06 bits per heavy atom. The second-order valence-electron chi connectivity index (χ2n) is 6.05. The summed E-state index contributed by atoms with van der Waals surface area (Å²) in [5, 5.41) is 0. The van der Waals surface area contributed by atoms with Crippen LogP contribution in [0.15, 0.2) is 24.3 Å². The van der Waals surface area contributed by atoms with Gasteiger partial charge in [-0.3, -0.25) is 0 Å². The van der Waals surface area contributed by atoms with Crippen LogP contribution >= 0.6 is 0 Å². The molecule has 0 saturated heterocycles. The fourth-order valence-electron chi connectivity index (χ4n) is 3.09. The summed E-state index contributed by atoms with van der Waals surface area (Å²) >= 11 is 0. The molecule has 1 aromatic rings. The van der Waals surface area contributed by atoms with Gasteiger partial charge in [-0.15, -0.1) is 0 Å². The van der Waals surface area contributed by atoms with E-state index in [1.165, 1.54) is 36.9 Å². The molecule has 3 unspecified atom stereocenters. The Morgan fingerprint density at radius 1 is 1.28 bits per heavy atom. The van der Waals surface area contributed by atoms with Crippen LogP contribution in [-0.2, 0) is 0 Å². The molecule has 1 saturated carbocycles. The average molecular weight is 246 g/mol. The molecule has 0 bridgehead atoms. The molecule has 1 aliphatic rings. The van der Waals surface area contributed by atoms with Gasteiger partial charge in [0, 0.05) is 25.8 Å². The lowest BCUT2D eigenvalue weighted by Gasteiger charge is -2.31. The molecule has 2 heteroatoms. The zero-order chi connectivity index (χ0) is 13.1. The number of nitrogens with zero attached hydrogens (tertiary/aromatic N) is 1. The van der Waals surface area contributed by atoms with Gasteiger partial charge in [0.1, 0.15) is 0 Å². The monoisotopic (exact) mass is 246 g/mol. The van der Waals surface area contributed by atoms with Gasteiger partial charge in [0.15, 0.2) is 0 Å². The zero-order valence-corrected chi connectivity index (χ0v) is 11.9. The lowest BCUT2D eigenvalue weighted by Crippen LogP contribution is -2.26. The molecule has 2 N–H and O–H groups in total. The van der Waals surface area contributed by atoms with Gasteiger partial charge < -0.3 is 10.6 Å². The molecular weight excluding hydrogens is 220 g/mol. The van der Waals surface area contributed by atoms with E-state index in [0.29, 0.717) is 5.92 Å². The Hall–Kier alpha value is -1.02. The second-order valence-corrected chi connectivity index (χ2v) is 6.05. The molecule has 0 radical (unpaired) electrons. The summed E-state index contributed by atoms with van der Waals surface area (Å²) < 4.78 is 0. The number of benzene rings is 1. The van der Waals surface area contributed by atoms with Crippen molar-refractivity contribution in [1.29, 1.82) is 0 Å². The molecular formula is C16H26N2. The number of hydrogen-bond acceptors (Lipinski definition) is 2. The number of rotatable bonds is 3. The van der Waals surface area contributed by atoms with Crippen LogP contribution in [0, 0.1) is 11.8 Å². The molecule has 2 nitrogen and oxygen atoms in total. The zero-order valence-electron chi connectivity index (χ0n) is 11.9. The molecule has 18 heavy (non-hydrogen) atoms. The third-order valence-electron chi connectivity index (χ3n) is 4.26. The third kappa shape index (κ3) is 3.05. The van der Waals surface area contributed by atoms with Gasteiger partial charge >= 0.3 is 0 Å². The standard InChI is InChI=1S/C16H26N2/c1-12-6-4-7-13(10-12)16(17)14-8-5-9-15(11-14)18(2)3/h5,8-9,11-13,16H,4,6-7,10,17H2,1-3H3. The quantitative estimate of drug-likeness (QED) is 0.883. The van der Waals surface area contributed by atoms with Gasteiger partial charge in [0.05, 0.1) is 0 Å². The third-order valence-corrected chi connectivity index (χ3v) is 4.26. The molecule has 3 atom stereocenters. The van der Waals surface area contributed by atoms with E-state index in [-0.39, 0.29) is 6.04 Å². The summed E-state index contributed by atoms with van der Waals surface area (Å²) in [6, 6.07) is 8.88. The van der Waals surface area contributed by atoms with Crippen molar-refractivity contribution in [2.24, 2.45) is 17.6 Å². The van der Waals surface area contributed by atoms with Crippen LogP contribution in [0.4, 0.5) is 5.69 Å². The molecule has 0 aliphatic heterocycles. The Balaban J connectivity index is 2.12. The Labute approximate surface area is 111 Å². The maximum Gasteiger partial charge on any atom is 0.0364 e. The summed E-state index contributed by atoms with van der Waals surface area (Å²) in [7, 11) is 4.15. The van der Waals surface area contributed by atoms with Crippen molar-refractivity contribution in [2.75, 3.05) is 19.0 Å². The van der Waals surface area contributed by atoms with Gasteiger partial charge in [-0.1, -0.05) is 31.9 Å². The van der Waals surface area contributed by atoms with Crippen molar-refractivity contribution < 1.29 is 0 Å². The van der Waals surface area contributed by atoms with Crippen molar-refractivity contribution in [3.8, 4) is 0 Å². The molecule has 1 aliphatic carbocycles. The lowest BCUT2D eigenvalue weighted by atomic mass is 9.77. The Morgan fingerprint density at radius 3 is 2.72 bits per heavy atom. The predicted octanol–water partition coefficient (Wildman–Crippen LogP) is 3.58. The molecule has 1 fully saturated rings. The topological polar surface area (TPSA) is 29.3 Å². The van der Waals surface area contributed by atoms with Gasteiger partial charge in [-0.25, -0.2) is 0 Å². The molecule has 0 amide bonds. The Kier molecular flexibility index (Phi) is 4.28. The van der Waals surface area contributed by atoms with E-state index in [1.807, 2.05) is 0 Å². The molecule has 0 heterocycles. The molecule has 100 valence electrons. The van der Waals surface area contributed by atoms with E-state index in [4.69, 9.17) is 5.73 Å². The Bertz CT molecular complexity index is 386. The summed E-state index contributed by atoms with van der Waals surface area (Å²) in [6.07, 6.45) is 5.29. The van der Waals surface area contributed by atoms with Gasteiger partial charge in [0.25, 0.3) is 0 Å². The summed E-state index contributed by atoms with van der Waals surface area (Å²) in [4.78, 5) is 2.14. The van der Waals surface area contributed by atoms with Crippen LogP contribution < -0.4 is 10.6 Å². The highest BCUT2D eigenvalue weighted by Gasteiger charge is 2.25. The number of nitrogens with two attached hydrogens (primary N) is 1. The number of anilines is 1. The van der Waals surface area contributed by atoms with Crippen LogP contribution in [0.3, 0.4) is 0 Å². The van der Waals surface area contributed by atoms with Gasteiger partial charge in [0.2, 0.25) is 0 Å². The predicted molar refractivity (Wildman–Crippen MR) is 78.8 cm³/mol. The van der Waals surface area contributed by atoms with Crippen molar-refractivity contribution in [3.05, 3.63) is 29.8 Å². The van der Waals surface area contributed by atoms with E-state index in [9.17, 15) is 0 Å². The van der Waals surface area contributed by atoms with E-state index >= 15 is 0 Å². The van der Waals surface area contributed by atoms with E-state index in [1.54, 1.807) is 0 Å². The maximum absolute atomic E-state index is 6.48. The first-order valence-electron chi connectivity index (χ1n) is 7.11. The van der Waals surface area contributed by atoms with Gasteiger partial charge in [-0.05, 0) is 42.4 Å². The van der Waals surface area contributed by atoms with E-state index in [2.05, 4.69) is 50.2 Å². The van der Waals surface area contributed by atoms with Crippen molar-refractivity contribution in [1.82, 2.24) is 0 Å². The highest BCUT2D eigenvalue weighted by atomic mass is 15.1. The molecule has 0 aromatic heterocycles. The first-order valence-corrected chi connectivity index (χ1v) is 7.11. The summed E-state index contributed by atoms with van der Waals surface area (Å²) in [6.45, 7) is 2.36. The van der Waals surface area contributed by atoms with Crippen LogP contribution in [0.1, 0.15) is 44.2 Å². The van der Waals surface area contributed by atoms with Gasteiger partial charge in [-0.2, -0.15) is 0 Å². The normalized spacial score (nSPS) is 25.8. The molecule has 1 aromatic carbocycles. The first kappa shape index (κ1) is 13.4. The highest BCUT2D eigenvalue weighted by molar-refractivity contribution is 5.47. The molecule has 2 rings (SSSR count). The van der Waals surface area contributed by atoms with Crippen LogP contribution in [-0.4, -0.2) is 14.1 Å². The van der Waals surface area contributed by atoms with E-state index < -0.39 is 0 Å². The average Bonchev–Trinajstić information content (AvgIpc) is 2.38. The van der Waals surface area contributed by atoms with Crippen LogP contribution in [0.25, 0.3) is 0 Å². The van der Waals surface area contributed by atoms with Crippen LogP contribution in [0.2, 0.25) is 0 Å². The van der Waals surface area contributed by atoms with Crippen molar-refractivity contribution in [3.63, 3.8) is 0 Å². The SMILES string of the molecule is CC1CCCC(C(N)c2cccc(N(C)C)c2)C1. The fraction of sp³-hybridized carbons (Fsp3) is 0.625. The van der Waals surface area contributed by atoms with Crippen LogP contribution in [0.5, 0.6) is 0 Å². The maximum atomic E-state index is 6.48. The van der Waals surface area contributed by atoms with Crippen molar-refractivity contribution >= 4 is 5.69 Å².